The van der Waals surface area contributed by atoms with Crippen LogP contribution in [0.1, 0.15) is 10.4 Å². The molecule has 1 saturated heterocycles. The van der Waals surface area contributed by atoms with Crippen molar-refractivity contribution in [3.05, 3.63) is 48.4 Å². The van der Waals surface area contributed by atoms with Crippen LogP contribution in [-0.4, -0.2) is 60.0 Å². The molecule has 2 aromatic rings. The third kappa shape index (κ3) is 6.76. The van der Waals surface area contributed by atoms with Crippen LogP contribution in [0.4, 0.5) is 0 Å². The van der Waals surface area contributed by atoms with Gasteiger partial charge in [-0.1, -0.05) is 6.07 Å². The zero-order chi connectivity index (χ0) is 16.6. The number of carbonyl (C=O) groups excluding carboxylic acids is 1. The third-order valence-electron chi connectivity index (χ3n) is 3.78. The molecule has 0 spiro atoms. The highest BCUT2D eigenvalue weighted by molar-refractivity contribution is 5.94. The van der Waals surface area contributed by atoms with Gasteiger partial charge in [-0.25, -0.2) is 4.98 Å². The standard InChI is InChI=1S/C17H21N5O2.2ClH/c23-17(21-8-11-22-9-6-18-7-10-22)14-2-1-3-15(12-14)24-16-13-19-4-5-20-16;;/h1-5,12-13,18H,6-11H2,(H,21,23);2*1H. The number of piperazine rings is 1. The molecule has 1 fully saturated rings. The van der Waals surface area contributed by atoms with Crippen molar-refractivity contribution < 1.29 is 9.53 Å². The first kappa shape index (κ1) is 22.1. The molecule has 3 rings (SSSR count). The number of carbonyl (C=O) groups is 1. The quantitative estimate of drug-likeness (QED) is 0.769. The molecule has 1 aliphatic rings. The van der Waals surface area contributed by atoms with Gasteiger partial charge in [-0.2, -0.15) is 0 Å². The van der Waals surface area contributed by atoms with E-state index < -0.39 is 0 Å². The molecule has 1 aliphatic heterocycles. The van der Waals surface area contributed by atoms with Crippen molar-refractivity contribution in [2.45, 2.75) is 0 Å². The van der Waals surface area contributed by atoms with E-state index in [1.54, 1.807) is 36.7 Å². The summed E-state index contributed by atoms with van der Waals surface area (Å²) in [5, 5.41) is 6.27. The number of amides is 1. The number of rotatable bonds is 6. The molecule has 2 N–H and O–H groups in total. The van der Waals surface area contributed by atoms with Crippen LogP contribution in [0.3, 0.4) is 0 Å². The topological polar surface area (TPSA) is 79.4 Å². The van der Waals surface area contributed by atoms with Crippen LogP contribution in [-0.2, 0) is 0 Å². The maximum absolute atomic E-state index is 12.3. The first-order valence-electron chi connectivity index (χ1n) is 8.06. The van der Waals surface area contributed by atoms with E-state index in [1.807, 2.05) is 0 Å². The van der Waals surface area contributed by atoms with Crippen LogP contribution in [0.15, 0.2) is 42.9 Å². The predicted molar refractivity (Wildman–Crippen MR) is 105 cm³/mol. The second kappa shape index (κ2) is 11.6. The Morgan fingerprint density at radius 1 is 1.23 bits per heavy atom. The lowest BCUT2D eigenvalue weighted by atomic mass is 10.2. The highest BCUT2D eigenvalue weighted by atomic mass is 35.5. The Bertz CT molecular complexity index is 669. The largest absolute Gasteiger partial charge is 0.437 e. The minimum atomic E-state index is -0.102. The van der Waals surface area contributed by atoms with Crippen molar-refractivity contribution in [3.8, 4) is 11.6 Å². The number of hydrogen-bond acceptors (Lipinski definition) is 6. The first-order chi connectivity index (χ1) is 11.8. The Labute approximate surface area is 165 Å². The first-order valence-corrected chi connectivity index (χ1v) is 8.06. The molecule has 142 valence electrons. The van der Waals surface area contributed by atoms with E-state index in [1.165, 1.54) is 6.20 Å². The van der Waals surface area contributed by atoms with Crippen molar-refractivity contribution in [3.63, 3.8) is 0 Å². The molecular weight excluding hydrogens is 377 g/mol. The van der Waals surface area contributed by atoms with Crippen molar-refractivity contribution in [1.82, 2.24) is 25.5 Å². The van der Waals surface area contributed by atoms with E-state index in [0.717, 1.165) is 32.7 Å². The van der Waals surface area contributed by atoms with Gasteiger partial charge in [0.1, 0.15) is 5.75 Å². The zero-order valence-electron chi connectivity index (χ0n) is 14.3. The molecule has 0 atom stereocenters. The molecule has 0 bridgehead atoms. The molecule has 26 heavy (non-hydrogen) atoms. The molecule has 9 heteroatoms. The molecular formula is C17H23Cl2N5O2. The van der Waals surface area contributed by atoms with E-state index >= 15 is 0 Å². The summed E-state index contributed by atoms with van der Waals surface area (Å²) >= 11 is 0. The summed E-state index contributed by atoms with van der Waals surface area (Å²) in [4.78, 5) is 22.6. The van der Waals surface area contributed by atoms with Crippen LogP contribution in [0.25, 0.3) is 0 Å². The van der Waals surface area contributed by atoms with Crippen LogP contribution in [0.2, 0.25) is 0 Å². The fraction of sp³-hybridized carbons (Fsp3) is 0.353. The van der Waals surface area contributed by atoms with E-state index in [-0.39, 0.29) is 30.7 Å². The number of aromatic nitrogens is 2. The molecule has 0 aliphatic carbocycles. The fourth-order valence-electron chi connectivity index (χ4n) is 2.52. The highest BCUT2D eigenvalue weighted by Crippen LogP contribution is 2.19. The van der Waals surface area contributed by atoms with Gasteiger partial charge >= 0.3 is 0 Å². The number of benzene rings is 1. The lowest BCUT2D eigenvalue weighted by molar-refractivity contribution is 0.0947. The zero-order valence-corrected chi connectivity index (χ0v) is 15.9. The van der Waals surface area contributed by atoms with E-state index in [4.69, 9.17) is 4.74 Å². The van der Waals surface area contributed by atoms with Crippen LogP contribution in [0, 0.1) is 0 Å². The fourth-order valence-corrected chi connectivity index (χ4v) is 2.52. The summed E-state index contributed by atoms with van der Waals surface area (Å²) in [5.74, 6) is 0.855. The van der Waals surface area contributed by atoms with E-state index in [0.29, 0.717) is 23.7 Å². The summed E-state index contributed by atoms with van der Waals surface area (Å²) in [7, 11) is 0. The van der Waals surface area contributed by atoms with Crippen molar-refractivity contribution in [2.75, 3.05) is 39.3 Å². The van der Waals surface area contributed by atoms with Crippen molar-refractivity contribution >= 4 is 30.7 Å². The van der Waals surface area contributed by atoms with Gasteiger partial charge in [0.2, 0.25) is 5.88 Å². The molecule has 0 radical (unpaired) electrons. The Balaban J connectivity index is 0.00000169. The maximum atomic E-state index is 12.3. The average Bonchev–Trinajstić information content (AvgIpc) is 2.64. The van der Waals surface area contributed by atoms with Gasteiger partial charge in [-0.3, -0.25) is 14.7 Å². The lowest BCUT2D eigenvalue weighted by Gasteiger charge is -2.27. The van der Waals surface area contributed by atoms with E-state index in [2.05, 4.69) is 25.5 Å². The minimum Gasteiger partial charge on any atom is -0.437 e. The number of hydrogen-bond donors (Lipinski definition) is 2. The van der Waals surface area contributed by atoms with Crippen molar-refractivity contribution in [2.24, 2.45) is 0 Å². The lowest BCUT2D eigenvalue weighted by Crippen LogP contribution is -2.46. The molecule has 1 aromatic carbocycles. The van der Waals surface area contributed by atoms with Gasteiger partial charge < -0.3 is 15.4 Å². The summed E-state index contributed by atoms with van der Waals surface area (Å²) in [6, 6.07) is 7.04. The summed E-state index contributed by atoms with van der Waals surface area (Å²) in [6.45, 7) is 5.57. The molecule has 1 aromatic heterocycles. The number of halogens is 2. The Morgan fingerprint density at radius 2 is 2.04 bits per heavy atom. The normalized spacial score (nSPS) is 13.8. The van der Waals surface area contributed by atoms with Gasteiger partial charge in [0.05, 0.1) is 6.20 Å². The molecule has 0 saturated carbocycles. The highest BCUT2D eigenvalue weighted by Gasteiger charge is 2.11. The SMILES string of the molecule is Cl.Cl.O=C(NCCN1CCNCC1)c1cccc(Oc2cnccn2)c1. The molecule has 7 nitrogen and oxygen atoms in total. The summed E-state index contributed by atoms with van der Waals surface area (Å²) in [6.07, 6.45) is 4.66. The minimum absolute atomic E-state index is 0. The van der Waals surface area contributed by atoms with Gasteiger partial charge in [-0.05, 0) is 18.2 Å². The number of nitrogens with one attached hydrogen (secondary N) is 2. The smallest absolute Gasteiger partial charge is 0.251 e. The van der Waals surface area contributed by atoms with Crippen LogP contribution in [0.5, 0.6) is 11.6 Å². The van der Waals surface area contributed by atoms with Crippen molar-refractivity contribution in [1.29, 1.82) is 0 Å². The molecule has 2 heterocycles. The monoisotopic (exact) mass is 399 g/mol. The van der Waals surface area contributed by atoms with Gasteiger partial charge in [0.25, 0.3) is 5.91 Å². The average molecular weight is 400 g/mol. The van der Waals surface area contributed by atoms with Crippen LogP contribution >= 0.6 is 24.8 Å². The summed E-state index contributed by atoms with van der Waals surface area (Å²) < 4.78 is 5.60. The Kier molecular flexibility index (Phi) is 9.90. The number of ether oxygens (including phenoxy) is 1. The van der Waals surface area contributed by atoms with E-state index in [9.17, 15) is 4.79 Å². The third-order valence-corrected chi connectivity index (χ3v) is 3.78. The number of nitrogens with zero attached hydrogens (tertiary/aromatic N) is 3. The van der Waals surface area contributed by atoms with Crippen LogP contribution < -0.4 is 15.4 Å². The summed E-state index contributed by atoms with van der Waals surface area (Å²) in [5.41, 5.74) is 0.566. The van der Waals surface area contributed by atoms with Gasteiger partial charge in [-0.15, -0.1) is 24.8 Å². The second-order valence-corrected chi connectivity index (χ2v) is 5.52. The van der Waals surface area contributed by atoms with Gasteiger partial charge in [0.15, 0.2) is 0 Å². The second-order valence-electron chi connectivity index (χ2n) is 5.52. The Hall–Kier alpha value is -1.93. The molecule has 1 amide bonds. The van der Waals surface area contributed by atoms with Gasteiger partial charge in [0, 0.05) is 57.2 Å². The Morgan fingerprint density at radius 3 is 2.77 bits per heavy atom. The maximum Gasteiger partial charge on any atom is 0.251 e. The predicted octanol–water partition coefficient (Wildman–Crippen LogP) is 1.75. The molecule has 0 unspecified atom stereocenters.